The number of likely N-dealkylation sites (N-methyl/N-ethyl adjacent to an activating group) is 1. The van der Waals surface area contributed by atoms with Gasteiger partial charge in [-0.25, -0.2) is 0 Å². The van der Waals surface area contributed by atoms with Crippen LogP contribution in [0.5, 0.6) is 0 Å². The lowest BCUT2D eigenvalue weighted by Crippen LogP contribution is -2.35. The molecule has 1 N–H and O–H groups in total. The molecule has 1 aliphatic rings. The summed E-state index contributed by atoms with van der Waals surface area (Å²) < 4.78 is 5.55. The molecule has 0 aromatic heterocycles. The largest absolute Gasteiger partial charge is 0.464 e. The Morgan fingerprint density at radius 2 is 1.96 bits per heavy atom. The summed E-state index contributed by atoms with van der Waals surface area (Å²) in [5.74, 6) is -0.833. The van der Waals surface area contributed by atoms with E-state index in [-0.39, 0.29) is 11.9 Å². The van der Waals surface area contributed by atoms with Gasteiger partial charge in [0.05, 0.1) is 6.10 Å². The Kier molecular flexibility index (Phi) is 8.16. The number of hydrogen-bond donors (Lipinski definition) is 1. The van der Waals surface area contributed by atoms with Gasteiger partial charge in [-0.3, -0.25) is 4.79 Å². The standard InChI is InChI=1S/C21H31NO3/c1-3-22(4-2)15-16-25-21(24)19(17-11-7-5-8-12-17)20(23)18-13-9-6-10-14-18/h5-9,11-12,18-20,23H,3-4,10,13-16H2,1-2H3/t18-,19-,20+/m0/s1. The zero-order valence-electron chi connectivity index (χ0n) is 15.4. The van der Waals surface area contributed by atoms with Gasteiger partial charge >= 0.3 is 5.97 Å². The smallest absolute Gasteiger partial charge is 0.316 e. The van der Waals surface area contributed by atoms with E-state index in [1.165, 1.54) is 0 Å². The van der Waals surface area contributed by atoms with Crippen molar-refractivity contribution >= 4 is 5.97 Å². The lowest BCUT2D eigenvalue weighted by atomic mass is 9.80. The van der Waals surface area contributed by atoms with E-state index in [9.17, 15) is 9.90 Å². The molecule has 2 rings (SSSR count). The zero-order valence-corrected chi connectivity index (χ0v) is 15.4. The maximum Gasteiger partial charge on any atom is 0.316 e. The first-order chi connectivity index (χ1) is 12.2. The van der Waals surface area contributed by atoms with Crippen LogP contribution in [0.15, 0.2) is 42.5 Å². The van der Waals surface area contributed by atoms with E-state index in [0.717, 1.165) is 44.5 Å². The number of nitrogens with zero attached hydrogens (tertiary/aromatic N) is 1. The van der Waals surface area contributed by atoms with Gasteiger partial charge < -0.3 is 14.7 Å². The number of esters is 1. The summed E-state index contributed by atoms with van der Waals surface area (Å²) in [7, 11) is 0. The van der Waals surface area contributed by atoms with Gasteiger partial charge in [0.25, 0.3) is 0 Å². The summed E-state index contributed by atoms with van der Waals surface area (Å²) >= 11 is 0. The third-order valence-electron chi connectivity index (χ3n) is 5.09. The highest BCUT2D eigenvalue weighted by atomic mass is 16.5. The van der Waals surface area contributed by atoms with Crippen molar-refractivity contribution in [2.24, 2.45) is 5.92 Å². The molecule has 1 aliphatic carbocycles. The molecule has 0 heterocycles. The molecule has 0 bridgehead atoms. The van der Waals surface area contributed by atoms with Crippen molar-refractivity contribution in [3.05, 3.63) is 48.0 Å². The fraction of sp³-hybridized carbons (Fsp3) is 0.571. The molecule has 0 radical (unpaired) electrons. The monoisotopic (exact) mass is 345 g/mol. The fourth-order valence-corrected chi connectivity index (χ4v) is 3.44. The molecule has 4 nitrogen and oxygen atoms in total. The molecule has 0 fully saturated rings. The first-order valence-corrected chi connectivity index (χ1v) is 9.44. The Bertz CT molecular complexity index is 539. The zero-order chi connectivity index (χ0) is 18.1. The third kappa shape index (κ3) is 5.68. The van der Waals surface area contributed by atoms with Gasteiger partial charge in [-0.1, -0.05) is 56.3 Å². The third-order valence-corrected chi connectivity index (χ3v) is 5.09. The molecule has 138 valence electrons. The summed E-state index contributed by atoms with van der Waals surface area (Å²) in [5.41, 5.74) is 0.831. The SMILES string of the molecule is CCN(CC)CCOC(=O)[C@@H](c1ccccc1)[C@H](O)[C@H]1CC=CCC1. The van der Waals surface area contributed by atoms with Crippen molar-refractivity contribution in [3.63, 3.8) is 0 Å². The van der Waals surface area contributed by atoms with Crippen LogP contribution in [-0.2, 0) is 9.53 Å². The Morgan fingerprint density at radius 1 is 1.24 bits per heavy atom. The molecule has 4 heteroatoms. The Labute approximate surface area is 151 Å². The minimum absolute atomic E-state index is 0.102. The summed E-state index contributed by atoms with van der Waals surface area (Å²) in [6.45, 7) is 7.15. The second-order valence-corrected chi connectivity index (χ2v) is 6.62. The van der Waals surface area contributed by atoms with Crippen molar-refractivity contribution in [2.45, 2.75) is 45.1 Å². The number of hydrogen-bond acceptors (Lipinski definition) is 4. The Balaban J connectivity index is 2.06. The van der Waals surface area contributed by atoms with E-state index >= 15 is 0 Å². The number of ether oxygens (including phenoxy) is 1. The fourth-order valence-electron chi connectivity index (χ4n) is 3.44. The highest BCUT2D eigenvalue weighted by Gasteiger charge is 2.35. The predicted octanol–water partition coefficient (Wildman–Crippen LogP) is 3.37. The van der Waals surface area contributed by atoms with Gasteiger partial charge in [0.15, 0.2) is 0 Å². The number of benzene rings is 1. The molecular formula is C21H31NO3. The van der Waals surface area contributed by atoms with E-state index in [1.54, 1.807) is 0 Å². The minimum atomic E-state index is -0.715. The number of aliphatic hydroxyl groups excluding tert-OH is 1. The lowest BCUT2D eigenvalue weighted by Gasteiger charge is -2.30. The summed E-state index contributed by atoms with van der Waals surface area (Å²) in [6, 6.07) is 9.52. The van der Waals surface area contributed by atoms with Crippen LogP contribution in [0.25, 0.3) is 0 Å². The quantitative estimate of drug-likeness (QED) is 0.551. The summed E-state index contributed by atoms with van der Waals surface area (Å²) in [4.78, 5) is 15.0. The van der Waals surface area contributed by atoms with Crippen LogP contribution < -0.4 is 0 Å². The van der Waals surface area contributed by atoms with Crippen LogP contribution in [0.3, 0.4) is 0 Å². The van der Waals surface area contributed by atoms with E-state index in [1.807, 2.05) is 30.3 Å². The average Bonchev–Trinajstić information content (AvgIpc) is 2.67. The maximum atomic E-state index is 12.8. The molecule has 25 heavy (non-hydrogen) atoms. The molecule has 0 saturated heterocycles. The molecule has 0 saturated carbocycles. The van der Waals surface area contributed by atoms with Crippen molar-refractivity contribution < 1.29 is 14.6 Å². The maximum absolute atomic E-state index is 12.8. The number of carbonyl (C=O) groups is 1. The molecular weight excluding hydrogens is 314 g/mol. The van der Waals surface area contributed by atoms with Crippen LogP contribution in [0.1, 0.15) is 44.6 Å². The Hall–Kier alpha value is -1.65. The lowest BCUT2D eigenvalue weighted by molar-refractivity contribution is -0.150. The van der Waals surface area contributed by atoms with Crippen LogP contribution in [0.4, 0.5) is 0 Å². The van der Waals surface area contributed by atoms with Crippen molar-refractivity contribution in [1.29, 1.82) is 0 Å². The van der Waals surface area contributed by atoms with Gasteiger partial charge in [-0.05, 0) is 43.8 Å². The first kappa shape index (κ1) is 19.7. The first-order valence-electron chi connectivity index (χ1n) is 9.44. The molecule has 0 unspecified atom stereocenters. The van der Waals surface area contributed by atoms with E-state index < -0.39 is 12.0 Å². The second kappa shape index (κ2) is 10.4. The number of carbonyl (C=O) groups excluding carboxylic acids is 1. The predicted molar refractivity (Wildman–Crippen MR) is 100 cm³/mol. The number of aliphatic hydroxyl groups is 1. The topological polar surface area (TPSA) is 49.8 Å². The van der Waals surface area contributed by atoms with Crippen LogP contribution >= 0.6 is 0 Å². The van der Waals surface area contributed by atoms with Crippen molar-refractivity contribution in [2.75, 3.05) is 26.2 Å². The molecule has 0 aliphatic heterocycles. The number of rotatable bonds is 9. The van der Waals surface area contributed by atoms with Crippen LogP contribution in [0, 0.1) is 5.92 Å². The van der Waals surface area contributed by atoms with E-state index in [0.29, 0.717) is 6.61 Å². The van der Waals surface area contributed by atoms with Crippen LogP contribution in [-0.4, -0.2) is 48.3 Å². The van der Waals surface area contributed by atoms with E-state index in [4.69, 9.17) is 4.74 Å². The number of allylic oxidation sites excluding steroid dienone is 2. The van der Waals surface area contributed by atoms with Gasteiger partial charge in [0, 0.05) is 6.54 Å². The van der Waals surface area contributed by atoms with Crippen LogP contribution in [0.2, 0.25) is 0 Å². The molecule has 3 atom stereocenters. The minimum Gasteiger partial charge on any atom is -0.464 e. The highest BCUT2D eigenvalue weighted by molar-refractivity contribution is 5.79. The molecule has 1 aromatic carbocycles. The highest BCUT2D eigenvalue weighted by Crippen LogP contribution is 2.32. The van der Waals surface area contributed by atoms with Crippen molar-refractivity contribution in [3.8, 4) is 0 Å². The van der Waals surface area contributed by atoms with Gasteiger partial charge in [-0.15, -0.1) is 0 Å². The average molecular weight is 345 g/mol. The van der Waals surface area contributed by atoms with Gasteiger partial charge in [0.2, 0.25) is 0 Å². The summed E-state index contributed by atoms with van der Waals surface area (Å²) in [6.07, 6.45) is 6.22. The molecule has 1 aromatic rings. The molecule has 0 spiro atoms. The van der Waals surface area contributed by atoms with Crippen molar-refractivity contribution in [1.82, 2.24) is 4.90 Å². The van der Waals surface area contributed by atoms with E-state index in [2.05, 4.69) is 30.9 Å². The molecule has 0 amide bonds. The second-order valence-electron chi connectivity index (χ2n) is 6.62. The summed E-state index contributed by atoms with van der Waals surface area (Å²) in [5, 5.41) is 10.9. The normalized spacial score (nSPS) is 19.6. The van der Waals surface area contributed by atoms with Gasteiger partial charge in [-0.2, -0.15) is 0 Å². The van der Waals surface area contributed by atoms with Gasteiger partial charge in [0.1, 0.15) is 12.5 Å². The Morgan fingerprint density at radius 3 is 2.56 bits per heavy atom.